The van der Waals surface area contributed by atoms with Gasteiger partial charge in [-0.15, -0.1) is 5.10 Å². The largest absolute Gasteiger partial charge is 0.497 e. The van der Waals surface area contributed by atoms with Gasteiger partial charge >= 0.3 is 0 Å². The van der Waals surface area contributed by atoms with Gasteiger partial charge in [0.15, 0.2) is 0 Å². The van der Waals surface area contributed by atoms with Crippen molar-refractivity contribution in [3.63, 3.8) is 0 Å². The van der Waals surface area contributed by atoms with Gasteiger partial charge < -0.3 is 4.74 Å². The second-order valence-corrected chi connectivity index (χ2v) is 6.32. The lowest BCUT2D eigenvalue weighted by Gasteiger charge is -2.06. The van der Waals surface area contributed by atoms with E-state index >= 15 is 0 Å². The molecule has 0 bridgehead atoms. The summed E-state index contributed by atoms with van der Waals surface area (Å²) in [6.07, 6.45) is 1.70. The first kappa shape index (κ1) is 16.3. The Morgan fingerprint density at radius 2 is 2.00 bits per heavy atom. The van der Waals surface area contributed by atoms with Crippen LogP contribution in [0.3, 0.4) is 0 Å². The third kappa shape index (κ3) is 3.16. The van der Waals surface area contributed by atoms with Crippen molar-refractivity contribution in [2.75, 3.05) is 7.11 Å². The zero-order valence-corrected chi connectivity index (χ0v) is 14.6. The molecule has 26 heavy (non-hydrogen) atoms. The molecule has 1 aromatic carbocycles. The van der Waals surface area contributed by atoms with Gasteiger partial charge in [-0.05, 0) is 46.8 Å². The minimum Gasteiger partial charge on any atom is -0.497 e. The van der Waals surface area contributed by atoms with E-state index in [0.717, 1.165) is 11.4 Å². The highest BCUT2D eigenvalue weighted by Crippen LogP contribution is 2.22. The fraction of sp³-hybridized carbons (Fsp3) is 0.118. The molecule has 3 heterocycles. The number of hydrogen-bond acceptors (Lipinski definition) is 7. The number of nitrogens with zero attached hydrogens (tertiary/aromatic N) is 6. The number of fused-ring (bicyclic) bond motifs is 1. The molecule has 130 valence electrons. The van der Waals surface area contributed by atoms with Crippen LogP contribution in [0, 0.1) is 0 Å². The molecule has 0 aliphatic heterocycles. The van der Waals surface area contributed by atoms with Crippen LogP contribution < -0.4 is 10.3 Å². The maximum absolute atomic E-state index is 12.2. The topological polar surface area (TPSA) is 87.2 Å². The van der Waals surface area contributed by atoms with Gasteiger partial charge in [-0.25, -0.2) is 4.98 Å². The lowest BCUT2D eigenvalue weighted by molar-refractivity contribution is 0.414. The van der Waals surface area contributed by atoms with Crippen LogP contribution in [0.25, 0.3) is 11.3 Å². The molecule has 0 amide bonds. The summed E-state index contributed by atoms with van der Waals surface area (Å²) in [6.45, 7) is 0. The second kappa shape index (κ2) is 6.96. The Balaban J connectivity index is 1.57. The van der Waals surface area contributed by atoms with Crippen molar-refractivity contribution in [1.82, 2.24) is 29.6 Å². The summed E-state index contributed by atoms with van der Waals surface area (Å²) >= 11 is 1.41. The summed E-state index contributed by atoms with van der Waals surface area (Å²) in [5, 5.41) is 12.4. The minimum absolute atomic E-state index is 0.110. The first-order valence-electron chi connectivity index (χ1n) is 7.77. The SMILES string of the molecule is COc1ccc(-n2nnnc2SCc2cc(=O)n3ccccc3n2)cc1. The normalized spacial score (nSPS) is 11.0. The number of hydrogen-bond donors (Lipinski definition) is 0. The number of benzene rings is 1. The highest BCUT2D eigenvalue weighted by Gasteiger charge is 2.11. The lowest BCUT2D eigenvalue weighted by Crippen LogP contribution is -2.14. The maximum Gasteiger partial charge on any atom is 0.258 e. The van der Waals surface area contributed by atoms with Crippen LogP contribution in [0.5, 0.6) is 5.75 Å². The second-order valence-electron chi connectivity index (χ2n) is 5.37. The summed E-state index contributed by atoms with van der Waals surface area (Å²) < 4.78 is 8.31. The van der Waals surface area contributed by atoms with E-state index in [0.29, 0.717) is 22.3 Å². The predicted molar refractivity (Wildman–Crippen MR) is 96.7 cm³/mol. The molecule has 0 saturated heterocycles. The Hall–Kier alpha value is -3.20. The van der Waals surface area contributed by atoms with Gasteiger partial charge in [-0.1, -0.05) is 17.8 Å². The van der Waals surface area contributed by atoms with Crippen LogP contribution in [0.1, 0.15) is 5.69 Å². The van der Waals surface area contributed by atoms with Crippen LogP contribution in [0.4, 0.5) is 0 Å². The number of aromatic nitrogens is 6. The Morgan fingerprint density at radius 1 is 1.15 bits per heavy atom. The molecule has 4 aromatic rings. The van der Waals surface area contributed by atoms with Crippen molar-refractivity contribution in [1.29, 1.82) is 0 Å². The zero-order chi connectivity index (χ0) is 17.9. The quantitative estimate of drug-likeness (QED) is 0.499. The van der Waals surface area contributed by atoms with Gasteiger partial charge in [0.1, 0.15) is 11.4 Å². The number of thioether (sulfide) groups is 1. The van der Waals surface area contributed by atoms with E-state index in [9.17, 15) is 4.79 Å². The average Bonchev–Trinajstić information content (AvgIpc) is 3.15. The molecule has 8 nitrogen and oxygen atoms in total. The molecular weight excluding hydrogens is 352 g/mol. The predicted octanol–water partition coefficient (Wildman–Crippen LogP) is 1.97. The van der Waals surface area contributed by atoms with E-state index in [1.165, 1.54) is 22.2 Å². The fourth-order valence-corrected chi connectivity index (χ4v) is 3.25. The molecule has 0 saturated carbocycles. The maximum atomic E-state index is 12.2. The van der Waals surface area contributed by atoms with Gasteiger partial charge in [-0.2, -0.15) is 4.68 Å². The first-order chi connectivity index (χ1) is 12.7. The summed E-state index contributed by atoms with van der Waals surface area (Å²) in [7, 11) is 1.62. The van der Waals surface area contributed by atoms with E-state index in [1.807, 2.05) is 30.3 Å². The molecule has 4 rings (SSSR count). The molecular formula is C17H14N6O2S. The monoisotopic (exact) mass is 366 g/mol. The highest BCUT2D eigenvalue weighted by molar-refractivity contribution is 7.98. The van der Waals surface area contributed by atoms with Crippen molar-refractivity contribution in [2.24, 2.45) is 0 Å². The Morgan fingerprint density at radius 3 is 2.81 bits per heavy atom. The number of tetrazole rings is 1. The summed E-state index contributed by atoms with van der Waals surface area (Å²) in [5.41, 5.74) is 2.01. The molecule has 0 radical (unpaired) electrons. The van der Waals surface area contributed by atoms with Gasteiger partial charge in [0.2, 0.25) is 5.16 Å². The molecule has 0 N–H and O–H groups in total. The molecule has 0 unspecified atom stereocenters. The Bertz CT molecular complexity index is 1110. The van der Waals surface area contributed by atoms with Gasteiger partial charge in [0.25, 0.3) is 5.56 Å². The van der Waals surface area contributed by atoms with Crippen molar-refractivity contribution in [2.45, 2.75) is 10.9 Å². The third-order valence-electron chi connectivity index (χ3n) is 3.73. The van der Waals surface area contributed by atoms with E-state index in [2.05, 4.69) is 20.5 Å². The van der Waals surface area contributed by atoms with E-state index in [4.69, 9.17) is 4.74 Å². The number of ether oxygens (including phenoxy) is 1. The van der Waals surface area contributed by atoms with Crippen LogP contribution in [0.2, 0.25) is 0 Å². The summed E-state index contributed by atoms with van der Waals surface area (Å²) in [5.74, 6) is 1.24. The fourth-order valence-electron chi connectivity index (χ4n) is 2.47. The first-order valence-corrected chi connectivity index (χ1v) is 8.76. The van der Waals surface area contributed by atoms with Crippen molar-refractivity contribution in [3.05, 3.63) is 70.8 Å². The Labute approximate surface area is 152 Å². The number of pyridine rings is 1. The summed E-state index contributed by atoms with van der Waals surface area (Å²) in [6, 6.07) is 14.4. The zero-order valence-electron chi connectivity index (χ0n) is 13.8. The average molecular weight is 366 g/mol. The summed E-state index contributed by atoms with van der Waals surface area (Å²) in [4.78, 5) is 16.7. The van der Waals surface area contributed by atoms with Crippen LogP contribution >= 0.6 is 11.8 Å². The lowest BCUT2D eigenvalue weighted by atomic mass is 10.3. The van der Waals surface area contributed by atoms with Crippen molar-refractivity contribution in [3.8, 4) is 11.4 Å². The highest BCUT2D eigenvalue weighted by atomic mass is 32.2. The van der Waals surface area contributed by atoms with E-state index in [1.54, 1.807) is 30.1 Å². The van der Waals surface area contributed by atoms with E-state index < -0.39 is 0 Å². The molecule has 0 fully saturated rings. The molecule has 0 aliphatic rings. The van der Waals surface area contributed by atoms with Crippen LogP contribution in [-0.2, 0) is 5.75 Å². The number of methoxy groups -OCH3 is 1. The molecule has 0 atom stereocenters. The van der Waals surface area contributed by atoms with Crippen molar-refractivity contribution < 1.29 is 4.74 Å². The Kier molecular flexibility index (Phi) is 4.36. The van der Waals surface area contributed by atoms with Gasteiger partial charge in [-0.3, -0.25) is 9.20 Å². The van der Waals surface area contributed by atoms with Gasteiger partial charge in [0.05, 0.1) is 18.5 Å². The molecule has 9 heteroatoms. The number of rotatable bonds is 5. The van der Waals surface area contributed by atoms with Crippen LogP contribution in [-0.4, -0.2) is 36.7 Å². The molecule has 0 aliphatic carbocycles. The van der Waals surface area contributed by atoms with Crippen molar-refractivity contribution >= 4 is 17.4 Å². The molecule has 0 spiro atoms. The van der Waals surface area contributed by atoms with Crippen LogP contribution in [0.15, 0.2) is 64.7 Å². The molecule has 3 aromatic heterocycles. The smallest absolute Gasteiger partial charge is 0.258 e. The third-order valence-corrected chi connectivity index (χ3v) is 4.68. The minimum atomic E-state index is -0.110. The van der Waals surface area contributed by atoms with Gasteiger partial charge in [0, 0.05) is 18.0 Å². The van der Waals surface area contributed by atoms with E-state index in [-0.39, 0.29) is 5.56 Å². The standard InChI is InChI=1S/C17H14N6O2S/c1-25-14-7-5-13(6-8-14)23-17(19-20-21-23)26-11-12-10-16(24)22-9-3-2-4-15(22)18-12/h2-10H,11H2,1H3.